The van der Waals surface area contributed by atoms with Crippen molar-refractivity contribution in [2.75, 3.05) is 6.61 Å². The molecule has 0 saturated heterocycles. The zero-order valence-electron chi connectivity index (χ0n) is 17.2. The van der Waals surface area contributed by atoms with Gasteiger partial charge in [-0.1, -0.05) is 11.8 Å². The fourth-order valence-corrected chi connectivity index (χ4v) is 2.72. The summed E-state index contributed by atoms with van der Waals surface area (Å²) in [7, 11) is 0. The molecule has 0 unspecified atom stereocenters. The van der Waals surface area contributed by atoms with E-state index in [-0.39, 0.29) is 17.3 Å². The lowest BCUT2D eigenvalue weighted by Crippen LogP contribution is -2.43. The molecule has 0 amide bonds. The summed E-state index contributed by atoms with van der Waals surface area (Å²) in [5.41, 5.74) is 0.883. The summed E-state index contributed by atoms with van der Waals surface area (Å²) in [4.78, 5) is 0. The molecule has 0 aliphatic heterocycles. The van der Waals surface area contributed by atoms with Gasteiger partial charge in [-0.15, -0.1) is 0 Å². The third-order valence-corrected chi connectivity index (χ3v) is 3.94. The van der Waals surface area contributed by atoms with Crippen LogP contribution in [0.2, 0.25) is 0 Å². The molecule has 0 heterocycles. The fraction of sp³-hybridized carbons (Fsp3) is 0.652. The van der Waals surface area contributed by atoms with Gasteiger partial charge in [0, 0.05) is 31.4 Å². The largest absolute Gasteiger partial charge is 0.490 e. The van der Waals surface area contributed by atoms with Crippen LogP contribution in [0.1, 0.15) is 72.8 Å². The van der Waals surface area contributed by atoms with Gasteiger partial charge >= 0.3 is 0 Å². The topological polar surface area (TPSA) is 27.7 Å². The molecule has 0 radical (unpaired) electrons. The summed E-state index contributed by atoms with van der Waals surface area (Å²) in [6.07, 6.45) is 4.34. The predicted octanol–water partition coefficient (Wildman–Crippen LogP) is 5.36. The molecular formula is C23H34O3. The molecule has 0 N–H and O–H groups in total. The average Bonchev–Trinajstić information content (AvgIpc) is 2.48. The predicted molar refractivity (Wildman–Crippen MR) is 107 cm³/mol. The normalized spacial score (nSPS) is 20.1. The second-order valence-electron chi connectivity index (χ2n) is 8.95. The molecule has 1 aliphatic carbocycles. The zero-order chi connectivity index (χ0) is 19.2. The lowest BCUT2D eigenvalue weighted by Gasteiger charge is -2.39. The van der Waals surface area contributed by atoms with Crippen molar-refractivity contribution in [3.05, 3.63) is 29.8 Å². The molecule has 26 heavy (non-hydrogen) atoms. The Balaban J connectivity index is 1.67. The van der Waals surface area contributed by atoms with E-state index < -0.39 is 0 Å². The Morgan fingerprint density at radius 1 is 0.923 bits per heavy atom. The van der Waals surface area contributed by atoms with Crippen LogP contribution in [0.25, 0.3) is 0 Å². The van der Waals surface area contributed by atoms with Crippen molar-refractivity contribution in [1.82, 2.24) is 0 Å². The molecule has 0 aromatic heterocycles. The molecule has 1 fully saturated rings. The number of hydrogen-bond donors (Lipinski definition) is 0. The summed E-state index contributed by atoms with van der Waals surface area (Å²) in [5.74, 6) is 7.32. The van der Waals surface area contributed by atoms with Crippen molar-refractivity contribution in [2.24, 2.45) is 0 Å². The lowest BCUT2D eigenvalue weighted by molar-refractivity contribution is -0.126. The van der Waals surface area contributed by atoms with Gasteiger partial charge in [0.05, 0.1) is 17.3 Å². The van der Waals surface area contributed by atoms with Crippen LogP contribution in [-0.4, -0.2) is 30.0 Å². The van der Waals surface area contributed by atoms with Crippen LogP contribution < -0.4 is 4.74 Å². The molecule has 1 aromatic rings. The van der Waals surface area contributed by atoms with Crippen LogP contribution in [0.15, 0.2) is 24.3 Å². The summed E-state index contributed by atoms with van der Waals surface area (Å²) in [5, 5.41) is 0. The zero-order valence-corrected chi connectivity index (χ0v) is 17.2. The molecule has 1 aliphatic rings. The van der Waals surface area contributed by atoms with Crippen molar-refractivity contribution in [2.45, 2.75) is 90.6 Å². The van der Waals surface area contributed by atoms with E-state index in [9.17, 15) is 0 Å². The van der Waals surface area contributed by atoms with E-state index in [0.29, 0.717) is 6.10 Å². The van der Waals surface area contributed by atoms with E-state index >= 15 is 0 Å². The highest BCUT2D eigenvalue weighted by Crippen LogP contribution is 2.31. The Kier molecular flexibility index (Phi) is 7.15. The van der Waals surface area contributed by atoms with Crippen LogP contribution in [0.5, 0.6) is 5.75 Å². The van der Waals surface area contributed by atoms with Gasteiger partial charge in [-0.05, 0) is 72.2 Å². The highest BCUT2D eigenvalue weighted by Gasteiger charge is 2.34. The van der Waals surface area contributed by atoms with Gasteiger partial charge in [0.25, 0.3) is 0 Å². The first-order valence-corrected chi connectivity index (χ1v) is 9.68. The quantitative estimate of drug-likeness (QED) is 0.506. The molecule has 0 spiro atoms. The summed E-state index contributed by atoms with van der Waals surface area (Å²) >= 11 is 0. The van der Waals surface area contributed by atoms with E-state index in [4.69, 9.17) is 14.2 Å². The van der Waals surface area contributed by atoms with Crippen molar-refractivity contribution >= 4 is 0 Å². The van der Waals surface area contributed by atoms with Crippen molar-refractivity contribution in [3.63, 3.8) is 0 Å². The summed E-state index contributed by atoms with van der Waals surface area (Å²) in [6.45, 7) is 13.3. The third kappa shape index (κ3) is 8.25. The molecular weight excluding hydrogens is 324 g/mol. The first-order valence-electron chi connectivity index (χ1n) is 9.68. The van der Waals surface area contributed by atoms with Crippen LogP contribution in [0.4, 0.5) is 0 Å². The van der Waals surface area contributed by atoms with Gasteiger partial charge in [0.1, 0.15) is 11.9 Å². The molecule has 1 aromatic carbocycles. The number of hydrogen-bond acceptors (Lipinski definition) is 3. The van der Waals surface area contributed by atoms with Gasteiger partial charge in [-0.2, -0.15) is 0 Å². The maximum absolute atomic E-state index is 5.99. The summed E-state index contributed by atoms with van der Waals surface area (Å²) in [6, 6.07) is 8.06. The maximum Gasteiger partial charge on any atom is 0.119 e. The van der Waals surface area contributed by atoms with Crippen LogP contribution in [-0.2, 0) is 9.47 Å². The highest BCUT2D eigenvalue weighted by atomic mass is 16.5. The first kappa shape index (κ1) is 20.8. The van der Waals surface area contributed by atoms with Crippen molar-refractivity contribution < 1.29 is 14.2 Å². The average molecular weight is 359 g/mol. The van der Waals surface area contributed by atoms with Crippen molar-refractivity contribution in [3.8, 4) is 17.6 Å². The first-order chi connectivity index (χ1) is 12.1. The monoisotopic (exact) mass is 358 g/mol. The van der Waals surface area contributed by atoms with E-state index in [0.717, 1.165) is 43.6 Å². The molecule has 3 heteroatoms. The molecule has 2 rings (SSSR count). The molecule has 0 atom stereocenters. The molecule has 3 nitrogen and oxygen atoms in total. The number of rotatable bonds is 6. The standard InChI is InChI=1S/C23H34O3/c1-22(2,3)24-15-9-7-8-10-18-11-13-19(14-12-18)25-20-16-21(17-20)26-23(4,5)6/h11-14,20-21H,7,9,15-17H2,1-6H3. The number of ether oxygens (including phenoxy) is 3. The van der Waals surface area contributed by atoms with Gasteiger partial charge in [0.15, 0.2) is 0 Å². The Bertz CT molecular complexity index is 602. The van der Waals surface area contributed by atoms with Gasteiger partial charge in [-0.25, -0.2) is 0 Å². The molecule has 144 valence electrons. The lowest BCUT2D eigenvalue weighted by atomic mass is 9.91. The smallest absolute Gasteiger partial charge is 0.119 e. The fourth-order valence-electron chi connectivity index (χ4n) is 2.72. The SMILES string of the molecule is CC(C)(C)OCCCC#Cc1ccc(OC2CC(OC(C)(C)C)C2)cc1. The Morgan fingerprint density at radius 3 is 2.15 bits per heavy atom. The second-order valence-corrected chi connectivity index (χ2v) is 8.95. The molecule has 0 bridgehead atoms. The van der Waals surface area contributed by atoms with E-state index in [1.807, 2.05) is 24.3 Å². The van der Waals surface area contributed by atoms with Gasteiger partial charge in [0.2, 0.25) is 0 Å². The van der Waals surface area contributed by atoms with Crippen LogP contribution in [0.3, 0.4) is 0 Å². The minimum absolute atomic E-state index is 0.0669. The Hall–Kier alpha value is -1.50. The Morgan fingerprint density at radius 2 is 1.58 bits per heavy atom. The second kappa shape index (κ2) is 8.93. The minimum atomic E-state index is -0.0746. The van der Waals surface area contributed by atoms with E-state index in [1.54, 1.807) is 0 Å². The van der Waals surface area contributed by atoms with Crippen molar-refractivity contribution in [1.29, 1.82) is 0 Å². The highest BCUT2D eigenvalue weighted by molar-refractivity contribution is 5.38. The minimum Gasteiger partial charge on any atom is -0.490 e. The number of benzene rings is 1. The van der Waals surface area contributed by atoms with E-state index in [2.05, 4.69) is 53.4 Å². The number of unbranched alkanes of at least 4 members (excludes halogenated alkanes) is 1. The van der Waals surface area contributed by atoms with Crippen LogP contribution >= 0.6 is 0 Å². The maximum atomic E-state index is 5.99. The Labute approximate surface area is 159 Å². The van der Waals surface area contributed by atoms with Gasteiger partial charge in [-0.3, -0.25) is 0 Å². The molecule has 1 saturated carbocycles. The third-order valence-electron chi connectivity index (χ3n) is 3.94. The van der Waals surface area contributed by atoms with Crippen LogP contribution in [0, 0.1) is 11.8 Å². The van der Waals surface area contributed by atoms with E-state index in [1.165, 1.54) is 0 Å². The summed E-state index contributed by atoms with van der Waals surface area (Å²) < 4.78 is 17.6. The van der Waals surface area contributed by atoms with Gasteiger partial charge < -0.3 is 14.2 Å².